The highest BCUT2D eigenvalue weighted by Gasteiger charge is 2.07. The van der Waals surface area contributed by atoms with Crippen LogP contribution in [0.15, 0.2) is 5.11 Å². The van der Waals surface area contributed by atoms with Crippen molar-refractivity contribution in [2.24, 2.45) is 5.11 Å². The molecule has 0 aliphatic heterocycles. The fourth-order valence-electron chi connectivity index (χ4n) is 0.627. The van der Waals surface area contributed by atoms with Crippen molar-refractivity contribution < 1.29 is 4.79 Å². The van der Waals surface area contributed by atoms with E-state index in [1.165, 1.54) is 6.92 Å². The predicted octanol–water partition coefficient (Wildman–Crippen LogP) is 0.462. The number of aromatic nitrogens is 3. The quantitative estimate of drug-likeness (QED) is 0.370. The predicted molar refractivity (Wildman–Crippen MR) is 39.5 cm³/mol. The van der Waals surface area contributed by atoms with E-state index in [1.807, 2.05) is 0 Å². The van der Waals surface area contributed by atoms with Gasteiger partial charge in [0.15, 0.2) is 0 Å². The third-order valence-electron chi connectivity index (χ3n) is 1.05. The maximum atomic E-state index is 10.7. The number of nitrogens with zero attached hydrogens (tertiary/aromatic N) is 6. The average Bonchev–Trinajstić information content (AvgIpc) is 2.32. The second kappa shape index (κ2) is 2.89. The van der Waals surface area contributed by atoms with Crippen LogP contribution in [-0.2, 0) is 0 Å². The number of hydrogen-bond acceptors (Lipinski definition) is 5. The standard InChI is InChI=1S/C4H5N7O/c1-2(12)11-3(5)7-4(9-11)8-10-6/h1H3,(H2,5,7,9). The molecule has 0 aromatic carbocycles. The van der Waals surface area contributed by atoms with Crippen LogP contribution in [0.4, 0.5) is 11.9 Å². The summed E-state index contributed by atoms with van der Waals surface area (Å²) in [4.78, 5) is 16.7. The van der Waals surface area contributed by atoms with Gasteiger partial charge in [0.2, 0.25) is 17.8 Å². The van der Waals surface area contributed by atoms with E-state index in [4.69, 9.17) is 11.3 Å². The monoisotopic (exact) mass is 167 g/mol. The summed E-state index contributed by atoms with van der Waals surface area (Å²) in [5, 5.41) is 6.59. The number of carbonyl (C=O) groups excluding carboxylic acids is 1. The molecule has 12 heavy (non-hydrogen) atoms. The minimum Gasteiger partial charge on any atom is -0.368 e. The van der Waals surface area contributed by atoms with Gasteiger partial charge in [-0.1, -0.05) is 0 Å². The van der Waals surface area contributed by atoms with Gasteiger partial charge in [0.1, 0.15) is 0 Å². The lowest BCUT2D eigenvalue weighted by molar-refractivity contribution is 0.0924. The topological polar surface area (TPSA) is 123 Å². The number of rotatable bonds is 1. The molecule has 1 aromatic rings. The molecule has 8 nitrogen and oxygen atoms in total. The second-order valence-corrected chi connectivity index (χ2v) is 1.89. The Bertz CT molecular complexity index is 359. The number of hydrogen-bond donors (Lipinski definition) is 1. The van der Waals surface area contributed by atoms with Crippen LogP contribution in [-0.4, -0.2) is 20.7 Å². The summed E-state index contributed by atoms with van der Waals surface area (Å²) in [6.07, 6.45) is 0. The van der Waals surface area contributed by atoms with Crippen molar-refractivity contribution in [1.29, 1.82) is 0 Å². The van der Waals surface area contributed by atoms with Crippen molar-refractivity contribution in [1.82, 2.24) is 14.8 Å². The van der Waals surface area contributed by atoms with Crippen LogP contribution in [0.2, 0.25) is 0 Å². The van der Waals surface area contributed by atoms with Crippen molar-refractivity contribution >= 4 is 17.8 Å². The molecule has 0 spiro atoms. The van der Waals surface area contributed by atoms with Crippen LogP contribution in [0.3, 0.4) is 0 Å². The summed E-state index contributed by atoms with van der Waals surface area (Å²) in [5.74, 6) is -0.644. The molecular weight excluding hydrogens is 162 g/mol. The molecule has 0 amide bonds. The van der Waals surface area contributed by atoms with Crippen molar-refractivity contribution in [3.05, 3.63) is 10.4 Å². The molecule has 0 atom stereocenters. The van der Waals surface area contributed by atoms with E-state index >= 15 is 0 Å². The first-order valence-corrected chi connectivity index (χ1v) is 2.93. The van der Waals surface area contributed by atoms with E-state index in [0.717, 1.165) is 4.68 Å². The Hall–Kier alpha value is -2.08. The molecule has 0 unspecified atom stereocenters. The van der Waals surface area contributed by atoms with Gasteiger partial charge in [-0.2, -0.15) is 9.67 Å². The maximum absolute atomic E-state index is 10.7. The van der Waals surface area contributed by atoms with Crippen LogP contribution in [0.5, 0.6) is 0 Å². The number of nitrogen functional groups attached to an aromatic ring is 1. The van der Waals surface area contributed by atoms with Gasteiger partial charge in [-0.3, -0.25) is 4.79 Å². The van der Waals surface area contributed by atoms with Gasteiger partial charge in [-0.25, -0.2) is 0 Å². The molecule has 0 saturated carbocycles. The lowest BCUT2D eigenvalue weighted by Gasteiger charge is -1.91. The lowest BCUT2D eigenvalue weighted by atomic mass is 10.7. The molecule has 0 bridgehead atoms. The molecule has 1 aromatic heterocycles. The van der Waals surface area contributed by atoms with Crippen LogP contribution in [0, 0.1) is 0 Å². The Morgan fingerprint density at radius 2 is 2.50 bits per heavy atom. The fourth-order valence-corrected chi connectivity index (χ4v) is 0.627. The summed E-state index contributed by atoms with van der Waals surface area (Å²) in [7, 11) is 0. The van der Waals surface area contributed by atoms with Gasteiger partial charge in [-0.05, 0) is 10.6 Å². The van der Waals surface area contributed by atoms with E-state index in [2.05, 4.69) is 20.1 Å². The first kappa shape index (κ1) is 8.02. The number of nitrogens with two attached hydrogens (primary N) is 1. The first-order chi connectivity index (χ1) is 5.65. The molecule has 0 aliphatic rings. The number of azide groups is 1. The van der Waals surface area contributed by atoms with Crippen molar-refractivity contribution in [3.8, 4) is 0 Å². The van der Waals surface area contributed by atoms with E-state index in [9.17, 15) is 4.79 Å². The number of carbonyl (C=O) groups is 1. The first-order valence-electron chi connectivity index (χ1n) is 2.93. The molecule has 1 heterocycles. The molecule has 0 aliphatic carbocycles. The van der Waals surface area contributed by atoms with Gasteiger partial charge < -0.3 is 5.73 Å². The van der Waals surface area contributed by atoms with E-state index < -0.39 is 0 Å². The highest BCUT2D eigenvalue weighted by molar-refractivity contribution is 5.77. The molecule has 1 rings (SSSR count). The molecule has 2 N–H and O–H groups in total. The molecule has 62 valence electrons. The molecular formula is C4H5N7O. The van der Waals surface area contributed by atoms with Crippen LogP contribution < -0.4 is 5.73 Å². The Balaban J connectivity index is 3.16. The summed E-state index contributed by atoms with van der Waals surface area (Å²) in [6.45, 7) is 1.27. The van der Waals surface area contributed by atoms with Gasteiger partial charge in [-0.15, -0.1) is 5.10 Å². The van der Waals surface area contributed by atoms with Crippen molar-refractivity contribution in [3.63, 3.8) is 0 Å². The normalized spacial score (nSPS) is 9.08. The third-order valence-corrected chi connectivity index (χ3v) is 1.05. The lowest BCUT2D eigenvalue weighted by Crippen LogP contribution is -2.10. The largest absolute Gasteiger partial charge is 0.368 e. The van der Waals surface area contributed by atoms with Crippen LogP contribution in [0.1, 0.15) is 11.7 Å². The highest BCUT2D eigenvalue weighted by atomic mass is 16.2. The van der Waals surface area contributed by atoms with E-state index in [0.29, 0.717) is 0 Å². The van der Waals surface area contributed by atoms with Crippen LogP contribution >= 0.6 is 0 Å². The SMILES string of the molecule is CC(=O)n1nc(N=[N+]=[N-])nc1N. The summed E-state index contributed by atoms with van der Waals surface area (Å²) >= 11 is 0. The zero-order valence-corrected chi connectivity index (χ0v) is 6.17. The van der Waals surface area contributed by atoms with E-state index in [-0.39, 0.29) is 17.8 Å². The van der Waals surface area contributed by atoms with Crippen molar-refractivity contribution in [2.75, 3.05) is 5.73 Å². The molecule has 0 radical (unpaired) electrons. The number of anilines is 1. The minimum atomic E-state index is -0.389. The summed E-state index contributed by atoms with van der Waals surface area (Å²) < 4.78 is 0.851. The zero-order chi connectivity index (χ0) is 9.14. The van der Waals surface area contributed by atoms with E-state index in [1.54, 1.807) is 0 Å². The Morgan fingerprint density at radius 3 is 2.92 bits per heavy atom. The molecule has 8 heteroatoms. The Kier molecular flexibility index (Phi) is 1.93. The zero-order valence-electron chi connectivity index (χ0n) is 6.17. The Morgan fingerprint density at radius 1 is 1.83 bits per heavy atom. The summed E-state index contributed by atoms with van der Waals surface area (Å²) in [6, 6.07) is 0. The average molecular weight is 167 g/mol. The van der Waals surface area contributed by atoms with Gasteiger partial charge >= 0.3 is 0 Å². The Labute approximate surface area is 66.6 Å². The minimum absolute atomic E-state index is 0.0927. The smallest absolute Gasteiger partial charge is 0.246 e. The van der Waals surface area contributed by atoms with Gasteiger partial charge in [0, 0.05) is 11.8 Å². The molecule has 0 saturated heterocycles. The molecule has 0 fully saturated rings. The fraction of sp³-hybridized carbons (Fsp3) is 0.250. The highest BCUT2D eigenvalue weighted by Crippen LogP contribution is 2.07. The third kappa shape index (κ3) is 1.32. The summed E-state index contributed by atoms with van der Waals surface area (Å²) in [5.41, 5.74) is 13.3. The maximum Gasteiger partial charge on any atom is 0.246 e. The van der Waals surface area contributed by atoms with Gasteiger partial charge in [0.05, 0.1) is 0 Å². The second-order valence-electron chi connectivity index (χ2n) is 1.89. The van der Waals surface area contributed by atoms with Crippen LogP contribution in [0.25, 0.3) is 10.4 Å². The van der Waals surface area contributed by atoms with Crippen molar-refractivity contribution in [2.45, 2.75) is 6.92 Å². The van der Waals surface area contributed by atoms with Gasteiger partial charge in [0.25, 0.3) is 0 Å².